The molecule has 0 radical (unpaired) electrons. The van der Waals surface area contributed by atoms with Gasteiger partial charge >= 0.3 is 6.18 Å². The lowest BCUT2D eigenvalue weighted by molar-refractivity contribution is -0.236. The third-order valence-corrected chi connectivity index (χ3v) is 4.55. The molecule has 1 fully saturated rings. The van der Waals surface area contributed by atoms with Crippen LogP contribution in [0.3, 0.4) is 0 Å². The Morgan fingerprint density at radius 2 is 1.96 bits per heavy atom. The minimum atomic E-state index is -4.43. The van der Waals surface area contributed by atoms with Gasteiger partial charge in [0.25, 0.3) is 0 Å². The SMILES string of the molecule is Cc1cc(C)cc(CSCC(=O)N2CCO[C@H](C(F)(F)F)C2)c1. The molecule has 0 aliphatic carbocycles. The molecular weight excluding hydrogens is 327 g/mol. The molecule has 0 spiro atoms. The molecule has 0 unspecified atom stereocenters. The molecule has 0 bridgehead atoms. The van der Waals surface area contributed by atoms with Crippen molar-refractivity contribution in [3.63, 3.8) is 0 Å². The summed E-state index contributed by atoms with van der Waals surface area (Å²) in [5, 5.41) is 0. The molecule has 1 aliphatic heterocycles. The third-order valence-electron chi connectivity index (χ3n) is 3.56. The van der Waals surface area contributed by atoms with Crippen molar-refractivity contribution in [2.75, 3.05) is 25.4 Å². The van der Waals surface area contributed by atoms with Gasteiger partial charge in [-0.15, -0.1) is 11.8 Å². The molecule has 1 amide bonds. The van der Waals surface area contributed by atoms with Gasteiger partial charge in [0.1, 0.15) is 0 Å². The molecule has 1 saturated heterocycles. The smallest absolute Gasteiger partial charge is 0.365 e. The van der Waals surface area contributed by atoms with E-state index in [2.05, 4.69) is 18.2 Å². The van der Waals surface area contributed by atoms with Crippen LogP contribution in [-0.2, 0) is 15.3 Å². The number of rotatable bonds is 4. The largest absolute Gasteiger partial charge is 0.416 e. The number of halogens is 3. The molecule has 1 heterocycles. The predicted molar refractivity (Wildman–Crippen MR) is 84.5 cm³/mol. The molecule has 0 saturated carbocycles. The van der Waals surface area contributed by atoms with Gasteiger partial charge in [0, 0.05) is 12.3 Å². The number of hydrogen-bond donors (Lipinski definition) is 0. The van der Waals surface area contributed by atoms with Crippen LogP contribution in [0, 0.1) is 13.8 Å². The average molecular weight is 347 g/mol. The Morgan fingerprint density at radius 1 is 1.30 bits per heavy atom. The molecule has 1 aliphatic rings. The number of amides is 1. The van der Waals surface area contributed by atoms with Crippen molar-refractivity contribution in [2.45, 2.75) is 31.9 Å². The van der Waals surface area contributed by atoms with Crippen LogP contribution in [0.25, 0.3) is 0 Å². The molecule has 23 heavy (non-hydrogen) atoms. The lowest BCUT2D eigenvalue weighted by Crippen LogP contribution is -2.51. The highest BCUT2D eigenvalue weighted by molar-refractivity contribution is 7.99. The fourth-order valence-corrected chi connectivity index (χ4v) is 3.44. The van der Waals surface area contributed by atoms with Crippen LogP contribution in [0.2, 0.25) is 0 Å². The number of thioether (sulfide) groups is 1. The van der Waals surface area contributed by atoms with Crippen LogP contribution in [0.4, 0.5) is 13.2 Å². The van der Waals surface area contributed by atoms with E-state index in [1.54, 1.807) is 0 Å². The van der Waals surface area contributed by atoms with E-state index < -0.39 is 18.8 Å². The van der Waals surface area contributed by atoms with Gasteiger partial charge in [-0.1, -0.05) is 29.3 Å². The van der Waals surface area contributed by atoms with Crippen molar-refractivity contribution < 1.29 is 22.7 Å². The van der Waals surface area contributed by atoms with Gasteiger partial charge in [-0.2, -0.15) is 13.2 Å². The van der Waals surface area contributed by atoms with Gasteiger partial charge < -0.3 is 9.64 Å². The summed E-state index contributed by atoms with van der Waals surface area (Å²) < 4.78 is 42.7. The Morgan fingerprint density at radius 3 is 2.57 bits per heavy atom. The normalized spacial score (nSPS) is 19.0. The highest BCUT2D eigenvalue weighted by Gasteiger charge is 2.44. The zero-order valence-corrected chi connectivity index (χ0v) is 14.0. The standard InChI is InChI=1S/C16H20F3NO2S/c1-11-5-12(2)7-13(6-11)9-23-10-15(21)20-3-4-22-14(8-20)16(17,18)19/h5-7,14H,3-4,8-10H2,1-2H3/t14-/m0/s1. The Kier molecular flexibility index (Phi) is 5.97. The van der Waals surface area contributed by atoms with E-state index in [9.17, 15) is 18.0 Å². The minimum absolute atomic E-state index is 0.0718. The monoisotopic (exact) mass is 347 g/mol. The Labute approximate surface area is 138 Å². The Balaban J connectivity index is 1.82. The molecule has 2 rings (SSSR count). The number of hydrogen-bond acceptors (Lipinski definition) is 3. The van der Waals surface area contributed by atoms with Gasteiger partial charge in [-0.25, -0.2) is 0 Å². The summed E-state index contributed by atoms with van der Waals surface area (Å²) in [5.74, 6) is 0.579. The first-order chi connectivity index (χ1) is 10.8. The van der Waals surface area contributed by atoms with Crippen LogP contribution in [0.1, 0.15) is 16.7 Å². The number of aryl methyl sites for hydroxylation is 2. The third kappa shape index (κ3) is 5.42. The zero-order valence-electron chi connectivity index (χ0n) is 13.2. The van der Waals surface area contributed by atoms with E-state index >= 15 is 0 Å². The topological polar surface area (TPSA) is 29.5 Å². The van der Waals surface area contributed by atoms with Gasteiger partial charge in [0.2, 0.25) is 5.91 Å². The van der Waals surface area contributed by atoms with E-state index in [4.69, 9.17) is 4.74 Å². The number of carbonyl (C=O) groups excluding carboxylic acids is 1. The lowest BCUT2D eigenvalue weighted by Gasteiger charge is -2.33. The summed E-state index contributed by atoms with van der Waals surface area (Å²) in [6.45, 7) is 3.76. The first-order valence-corrected chi connectivity index (χ1v) is 8.52. The van der Waals surface area contributed by atoms with Crippen molar-refractivity contribution in [3.05, 3.63) is 34.9 Å². The van der Waals surface area contributed by atoms with E-state index in [0.717, 1.165) is 16.7 Å². The molecule has 0 N–H and O–H groups in total. The van der Waals surface area contributed by atoms with E-state index in [0.29, 0.717) is 5.75 Å². The second-order valence-electron chi connectivity index (χ2n) is 5.73. The maximum absolute atomic E-state index is 12.7. The van der Waals surface area contributed by atoms with Crippen molar-refractivity contribution in [1.82, 2.24) is 4.90 Å². The highest BCUT2D eigenvalue weighted by atomic mass is 32.2. The van der Waals surface area contributed by atoms with Gasteiger partial charge in [0.15, 0.2) is 6.10 Å². The number of carbonyl (C=O) groups is 1. The van der Waals surface area contributed by atoms with Crippen LogP contribution < -0.4 is 0 Å². The molecule has 3 nitrogen and oxygen atoms in total. The summed E-state index contributed by atoms with van der Waals surface area (Å²) >= 11 is 1.42. The first-order valence-electron chi connectivity index (χ1n) is 7.36. The number of benzene rings is 1. The second-order valence-corrected chi connectivity index (χ2v) is 6.72. The van der Waals surface area contributed by atoms with Crippen molar-refractivity contribution in [2.24, 2.45) is 0 Å². The summed E-state index contributed by atoms with van der Waals surface area (Å²) in [6.07, 6.45) is -6.30. The molecule has 128 valence electrons. The Hall–Kier alpha value is -1.21. The molecular formula is C16H20F3NO2S. The van der Waals surface area contributed by atoms with Gasteiger partial charge in [-0.05, 0) is 19.4 Å². The van der Waals surface area contributed by atoms with Crippen LogP contribution in [0.15, 0.2) is 18.2 Å². The van der Waals surface area contributed by atoms with E-state index in [1.165, 1.54) is 16.7 Å². The van der Waals surface area contributed by atoms with Crippen molar-refractivity contribution in [3.8, 4) is 0 Å². The zero-order chi connectivity index (χ0) is 17.0. The fraction of sp³-hybridized carbons (Fsp3) is 0.562. The number of alkyl halides is 3. The Bertz CT molecular complexity index is 542. The summed E-state index contributed by atoms with van der Waals surface area (Å²) in [4.78, 5) is 13.3. The summed E-state index contributed by atoms with van der Waals surface area (Å²) in [5.41, 5.74) is 3.44. The average Bonchev–Trinajstić information content (AvgIpc) is 2.45. The molecule has 1 aromatic rings. The second kappa shape index (κ2) is 7.57. The molecule has 1 aromatic carbocycles. The van der Waals surface area contributed by atoms with Crippen LogP contribution >= 0.6 is 11.8 Å². The quantitative estimate of drug-likeness (QED) is 0.837. The number of ether oxygens (including phenoxy) is 1. The molecule has 0 aromatic heterocycles. The van der Waals surface area contributed by atoms with E-state index in [1.807, 2.05) is 13.8 Å². The van der Waals surface area contributed by atoms with Crippen LogP contribution in [-0.4, -0.2) is 48.5 Å². The van der Waals surface area contributed by atoms with Crippen LogP contribution in [0.5, 0.6) is 0 Å². The van der Waals surface area contributed by atoms with E-state index in [-0.39, 0.29) is 24.8 Å². The summed E-state index contributed by atoms with van der Waals surface area (Å²) in [6, 6.07) is 6.18. The number of morpholine rings is 1. The first kappa shape index (κ1) is 18.1. The molecule has 1 atom stereocenters. The lowest BCUT2D eigenvalue weighted by atomic mass is 10.1. The van der Waals surface area contributed by atoms with Gasteiger partial charge in [0.05, 0.1) is 18.9 Å². The maximum atomic E-state index is 12.7. The van der Waals surface area contributed by atoms with Crippen molar-refractivity contribution >= 4 is 17.7 Å². The maximum Gasteiger partial charge on any atom is 0.416 e. The predicted octanol–water partition coefficient (Wildman–Crippen LogP) is 3.33. The van der Waals surface area contributed by atoms with Crippen molar-refractivity contribution in [1.29, 1.82) is 0 Å². The summed E-state index contributed by atoms with van der Waals surface area (Å²) in [7, 11) is 0. The molecule has 7 heteroatoms. The van der Waals surface area contributed by atoms with Gasteiger partial charge in [-0.3, -0.25) is 4.79 Å². The fourth-order valence-electron chi connectivity index (χ4n) is 2.57. The number of nitrogens with zero attached hydrogens (tertiary/aromatic N) is 1. The minimum Gasteiger partial charge on any atom is -0.365 e. The highest BCUT2D eigenvalue weighted by Crippen LogP contribution is 2.26.